The molecule has 21 heavy (non-hydrogen) atoms. The molecule has 0 spiro atoms. The number of hydrogen-bond acceptors (Lipinski definition) is 6. The third-order valence-electron chi connectivity index (χ3n) is 2.96. The lowest BCUT2D eigenvalue weighted by atomic mass is 10.2. The van der Waals surface area contributed by atoms with Gasteiger partial charge in [-0.15, -0.1) is 11.3 Å². The van der Waals surface area contributed by atoms with Crippen molar-refractivity contribution in [1.29, 1.82) is 0 Å². The van der Waals surface area contributed by atoms with E-state index in [4.69, 9.17) is 15.2 Å². The fraction of sp³-hybridized carbons (Fsp3) is 0.286. The summed E-state index contributed by atoms with van der Waals surface area (Å²) in [5.74, 6) is 1.24. The maximum absolute atomic E-state index is 11.8. The summed E-state index contributed by atoms with van der Waals surface area (Å²) in [6.07, 6.45) is 0. The highest BCUT2D eigenvalue weighted by molar-refractivity contribution is 7.13. The van der Waals surface area contributed by atoms with Crippen molar-refractivity contribution in [2.45, 2.75) is 0 Å². The van der Waals surface area contributed by atoms with Crippen molar-refractivity contribution >= 4 is 17.2 Å². The zero-order valence-corrected chi connectivity index (χ0v) is 12.1. The van der Waals surface area contributed by atoms with Crippen LogP contribution in [0.15, 0.2) is 23.6 Å². The average Bonchev–Trinajstić information content (AvgIpc) is 3.02. The van der Waals surface area contributed by atoms with E-state index in [-0.39, 0.29) is 5.91 Å². The standard InChI is InChI=1S/C14H15N3O3S/c15-3-4-16-13(18)10-8-21-14(17-10)9-1-2-11-12(7-9)20-6-5-19-11/h1-2,7-8H,3-6,15H2,(H,16,18). The van der Waals surface area contributed by atoms with Crippen molar-refractivity contribution < 1.29 is 14.3 Å². The number of benzene rings is 1. The molecule has 110 valence electrons. The number of fused-ring (bicyclic) bond motifs is 1. The fourth-order valence-corrected chi connectivity index (χ4v) is 2.76. The molecule has 0 fully saturated rings. The summed E-state index contributed by atoms with van der Waals surface area (Å²) < 4.78 is 11.0. The number of nitrogens with one attached hydrogen (secondary N) is 1. The van der Waals surface area contributed by atoms with Crippen molar-refractivity contribution in [3.8, 4) is 22.1 Å². The molecule has 1 amide bonds. The van der Waals surface area contributed by atoms with Gasteiger partial charge in [0, 0.05) is 24.0 Å². The Balaban J connectivity index is 1.81. The van der Waals surface area contributed by atoms with E-state index >= 15 is 0 Å². The molecule has 0 unspecified atom stereocenters. The van der Waals surface area contributed by atoms with Crippen molar-refractivity contribution in [3.63, 3.8) is 0 Å². The fourth-order valence-electron chi connectivity index (χ4n) is 1.96. The van der Waals surface area contributed by atoms with Gasteiger partial charge in [-0.25, -0.2) is 4.98 Å². The lowest BCUT2D eigenvalue weighted by Gasteiger charge is -2.18. The highest BCUT2D eigenvalue weighted by Gasteiger charge is 2.15. The summed E-state index contributed by atoms with van der Waals surface area (Å²) in [6.45, 7) is 1.96. The number of nitrogens with two attached hydrogens (primary N) is 1. The van der Waals surface area contributed by atoms with Crippen molar-refractivity contribution in [2.75, 3.05) is 26.3 Å². The van der Waals surface area contributed by atoms with Gasteiger partial charge in [0.15, 0.2) is 11.5 Å². The van der Waals surface area contributed by atoms with E-state index in [1.165, 1.54) is 11.3 Å². The van der Waals surface area contributed by atoms with Crippen molar-refractivity contribution in [3.05, 3.63) is 29.3 Å². The van der Waals surface area contributed by atoms with E-state index < -0.39 is 0 Å². The van der Waals surface area contributed by atoms with Gasteiger partial charge in [-0.3, -0.25) is 4.79 Å². The number of carbonyl (C=O) groups is 1. The predicted molar refractivity (Wildman–Crippen MR) is 79.9 cm³/mol. The maximum Gasteiger partial charge on any atom is 0.270 e. The van der Waals surface area contributed by atoms with Gasteiger partial charge < -0.3 is 20.5 Å². The molecule has 0 saturated heterocycles. The first-order valence-electron chi connectivity index (χ1n) is 6.62. The molecular formula is C14H15N3O3S. The molecule has 7 heteroatoms. The minimum absolute atomic E-state index is 0.208. The molecular weight excluding hydrogens is 290 g/mol. The minimum Gasteiger partial charge on any atom is -0.486 e. The van der Waals surface area contributed by atoms with E-state index in [1.54, 1.807) is 5.38 Å². The second kappa shape index (κ2) is 6.11. The molecule has 6 nitrogen and oxygen atoms in total. The summed E-state index contributed by atoms with van der Waals surface area (Å²) in [5.41, 5.74) is 6.66. The van der Waals surface area contributed by atoms with E-state index in [2.05, 4.69) is 10.3 Å². The number of nitrogens with zero attached hydrogens (tertiary/aromatic N) is 1. The van der Waals surface area contributed by atoms with Crippen LogP contribution in [0.3, 0.4) is 0 Å². The highest BCUT2D eigenvalue weighted by atomic mass is 32.1. The number of aromatic nitrogens is 1. The van der Waals surface area contributed by atoms with Crippen LogP contribution in [0, 0.1) is 0 Å². The topological polar surface area (TPSA) is 86.5 Å². The zero-order chi connectivity index (χ0) is 14.7. The number of rotatable bonds is 4. The number of amides is 1. The van der Waals surface area contributed by atoms with Gasteiger partial charge in [-0.2, -0.15) is 0 Å². The number of hydrogen-bond donors (Lipinski definition) is 2. The van der Waals surface area contributed by atoms with Gasteiger partial charge in [0.25, 0.3) is 5.91 Å². The average molecular weight is 305 g/mol. The second-order valence-corrected chi connectivity index (χ2v) is 5.30. The summed E-state index contributed by atoms with van der Waals surface area (Å²) >= 11 is 1.42. The van der Waals surface area contributed by atoms with Gasteiger partial charge in [0.05, 0.1) is 0 Å². The quantitative estimate of drug-likeness (QED) is 0.888. The monoisotopic (exact) mass is 305 g/mol. The summed E-state index contributed by atoms with van der Waals surface area (Å²) in [7, 11) is 0. The molecule has 3 rings (SSSR count). The van der Waals surface area contributed by atoms with E-state index in [9.17, 15) is 4.79 Å². The smallest absolute Gasteiger partial charge is 0.270 e. The Morgan fingerprint density at radius 1 is 1.33 bits per heavy atom. The summed E-state index contributed by atoms with van der Waals surface area (Å²) in [4.78, 5) is 16.2. The van der Waals surface area contributed by atoms with Crippen LogP contribution in [-0.4, -0.2) is 37.2 Å². The molecule has 1 aliphatic rings. The molecule has 1 aromatic carbocycles. The molecule has 0 saturated carbocycles. The van der Waals surface area contributed by atoms with E-state index in [1.807, 2.05) is 18.2 Å². The molecule has 0 aliphatic carbocycles. The lowest BCUT2D eigenvalue weighted by molar-refractivity contribution is 0.0950. The Kier molecular flexibility index (Phi) is 4.03. The van der Waals surface area contributed by atoms with Crippen molar-refractivity contribution in [2.24, 2.45) is 5.73 Å². The van der Waals surface area contributed by atoms with Gasteiger partial charge in [0.1, 0.15) is 23.9 Å². The normalized spacial score (nSPS) is 13.0. The Labute approximate surface area is 125 Å². The first-order chi connectivity index (χ1) is 10.3. The Hall–Kier alpha value is -2.12. The highest BCUT2D eigenvalue weighted by Crippen LogP contribution is 2.35. The molecule has 1 aromatic heterocycles. The Morgan fingerprint density at radius 2 is 2.14 bits per heavy atom. The second-order valence-electron chi connectivity index (χ2n) is 4.44. The molecule has 1 aliphatic heterocycles. The van der Waals surface area contributed by atoms with Crippen LogP contribution in [0.1, 0.15) is 10.5 Å². The lowest BCUT2D eigenvalue weighted by Crippen LogP contribution is -2.29. The van der Waals surface area contributed by atoms with Gasteiger partial charge in [0.2, 0.25) is 0 Å². The van der Waals surface area contributed by atoms with Crippen LogP contribution in [0.25, 0.3) is 10.6 Å². The molecule has 0 atom stereocenters. The predicted octanol–water partition coefficient (Wildman–Crippen LogP) is 1.27. The number of carbonyl (C=O) groups excluding carboxylic acids is 1. The van der Waals surface area contributed by atoms with Crippen LogP contribution in [0.5, 0.6) is 11.5 Å². The summed E-state index contributed by atoms with van der Waals surface area (Å²) in [6, 6.07) is 5.65. The maximum atomic E-state index is 11.8. The van der Waals surface area contributed by atoms with Crippen LogP contribution in [0.4, 0.5) is 0 Å². The number of ether oxygens (including phenoxy) is 2. The van der Waals surface area contributed by atoms with Gasteiger partial charge in [-0.05, 0) is 18.2 Å². The molecule has 2 heterocycles. The first kappa shape index (κ1) is 13.8. The van der Waals surface area contributed by atoms with Crippen LogP contribution in [-0.2, 0) is 0 Å². The third-order valence-corrected chi connectivity index (χ3v) is 3.85. The van der Waals surface area contributed by atoms with E-state index in [0.717, 1.165) is 16.3 Å². The molecule has 2 aromatic rings. The van der Waals surface area contributed by atoms with E-state index in [0.29, 0.717) is 37.7 Å². The first-order valence-corrected chi connectivity index (χ1v) is 7.49. The van der Waals surface area contributed by atoms with Gasteiger partial charge >= 0.3 is 0 Å². The Morgan fingerprint density at radius 3 is 2.95 bits per heavy atom. The molecule has 3 N–H and O–H groups in total. The summed E-state index contributed by atoms with van der Waals surface area (Å²) in [5, 5.41) is 5.20. The zero-order valence-electron chi connectivity index (χ0n) is 11.3. The van der Waals surface area contributed by atoms with Gasteiger partial charge in [-0.1, -0.05) is 0 Å². The number of thiazole rings is 1. The van der Waals surface area contributed by atoms with Crippen LogP contribution in [0.2, 0.25) is 0 Å². The Bertz CT molecular complexity index is 657. The van der Waals surface area contributed by atoms with Crippen LogP contribution < -0.4 is 20.5 Å². The SMILES string of the molecule is NCCNC(=O)c1csc(-c2ccc3c(c2)OCCO3)n1. The largest absolute Gasteiger partial charge is 0.486 e. The molecule has 0 bridgehead atoms. The minimum atomic E-state index is -0.208. The third kappa shape index (κ3) is 2.98. The van der Waals surface area contributed by atoms with Crippen molar-refractivity contribution in [1.82, 2.24) is 10.3 Å². The van der Waals surface area contributed by atoms with Crippen LogP contribution >= 0.6 is 11.3 Å². The molecule has 0 radical (unpaired) electrons.